The maximum Gasteiger partial charge on any atom is 0.328 e. The van der Waals surface area contributed by atoms with Crippen LogP contribution in [0.15, 0.2) is 60.2 Å². The zero-order valence-corrected chi connectivity index (χ0v) is 11.8. The van der Waals surface area contributed by atoms with Gasteiger partial charge in [-0.15, -0.1) is 0 Å². The molecule has 0 radical (unpaired) electrons. The average Bonchev–Trinajstić information content (AvgIpc) is 2.82. The van der Waals surface area contributed by atoms with Gasteiger partial charge < -0.3 is 5.11 Å². The summed E-state index contributed by atoms with van der Waals surface area (Å²) in [6.45, 7) is 1.79. The summed E-state index contributed by atoms with van der Waals surface area (Å²) in [6, 6.07) is 14.9. The van der Waals surface area contributed by atoms with Crippen LogP contribution in [0.1, 0.15) is 23.6 Å². The lowest BCUT2D eigenvalue weighted by Crippen LogP contribution is -1.88. The number of carbonyl (C=O) groups is 1. The second-order valence-corrected chi connectivity index (χ2v) is 5.31. The van der Waals surface area contributed by atoms with Crippen LogP contribution in [-0.4, -0.2) is 11.1 Å². The predicted octanol–water partition coefficient (Wildman–Crippen LogP) is 4.30. The fourth-order valence-corrected chi connectivity index (χ4v) is 2.74. The number of allylic oxidation sites excluding steroid dienone is 2. The van der Waals surface area contributed by atoms with Crippen LogP contribution < -0.4 is 0 Å². The van der Waals surface area contributed by atoms with Crippen LogP contribution in [0.5, 0.6) is 0 Å². The summed E-state index contributed by atoms with van der Waals surface area (Å²) in [5.74, 6) is -0.915. The number of benzene rings is 2. The molecular weight excluding hydrogens is 260 g/mol. The van der Waals surface area contributed by atoms with E-state index in [9.17, 15) is 4.79 Å². The van der Waals surface area contributed by atoms with E-state index in [1.165, 1.54) is 28.3 Å². The Morgan fingerprint density at radius 1 is 1.10 bits per heavy atom. The molecule has 0 heterocycles. The van der Waals surface area contributed by atoms with Gasteiger partial charge in [-0.05, 0) is 46.7 Å². The molecule has 0 unspecified atom stereocenters. The number of rotatable bonds is 3. The Bertz CT molecular complexity index is 767. The summed E-state index contributed by atoms with van der Waals surface area (Å²) < 4.78 is 0. The molecule has 0 aliphatic heterocycles. The minimum atomic E-state index is -0.915. The van der Waals surface area contributed by atoms with E-state index in [-0.39, 0.29) is 0 Å². The minimum absolute atomic E-state index is 0.728. The van der Waals surface area contributed by atoms with E-state index in [0.717, 1.165) is 17.6 Å². The van der Waals surface area contributed by atoms with Crippen molar-refractivity contribution in [3.8, 4) is 11.1 Å². The van der Waals surface area contributed by atoms with Gasteiger partial charge in [0.1, 0.15) is 0 Å². The lowest BCUT2D eigenvalue weighted by molar-refractivity contribution is -0.131. The topological polar surface area (TPSA) is 37.3 Å². The fraction of sp³-hybridized carbons (Fsp3) is 0.105. The van der Waals surface area contributed by atoms with Crippen molar-refractivity contribution < 1.29 is 9.90 Å². The number of hydrogen-bond acceptors (Lipinski definition) is 1. The summed E-state index contributed by atoms with van der Waals surface area (Å²) in [5, 5.41) is 8.70. The number of carboxylic acid groups (broad SMARTS) is 1. The van der Waals surface area contributed by atoms with Gasteiger partial charge in [-0.1, -0.05) is 54.6 Å². The van der Waals surface area contributed by atoms with E-state index < -0.39 is 5.97 Å². The Morgan fingerprint density at radius 3 is 2.67 bits per heavy atom. The summed E-state index contributed by atoms with van der Waals surface area (Å²) >= 11 is 0. The molecule has 1 N–H and O–H groups in total. The molecule has 0 amide bonds. The van der Waals surface area contributed by atoms with Gasteiger partial charge in [-0.2, -0.15) is 0 Å². The first-order valence-corrected chi connectivity index (χ1v) is 6.94. The van der Waals surface area contributed by atoms with Crippen molar-refractivity contribution in [3.63, 3.8) is 0 Å². The van der Waals surface area contributed by atoms with E-state index in [1.54, 1.807) is 6.92 Å². The Hall–Kier alpha value is -2.61. The third-order valence-corrected chi connectivity index (χ3v) is 3.71. The summed E-state index contributed by atoms with van der Waals surface area (Å²) in [6.07, 6.45) is 5.97. The van der Waals surface area contributed by atoms with Crippen LogP contribution >= 0.6 is 0 Å². The number of hydrogen-bond donors (Lipinski definition) is 1. The largest absolute Gasteiger partial charge is 0.478 e. The van der Waals surface area contributed by atoms with Crippen molar-refractivity contribution >= 4 is 12.0 Å². The lowest BCUT2D eigenvalue weighted by Gasteiger charge is -2.02. The molecule has 0 aromatic heterocycles. The summed E-state index contributed by atoms with van der Waals surface area (Å²) in [7, 11) is 0. The average molecular weight is 276 g/mol. The maximum atomic E-state index is 10.6. The smallest absolute Gasteiger partial charge is 0.328 e. The Labute approximate surface area is 124 Å². The zero-order chi connectivity index (χ0) is 14.8. The van der Waals surface area contributed by atoms with Gasteiger partial charge in [0.2, 0.25) is 0 Å². The van der Waals surface area contributed by atoms with E-state index in [1.807, 2.05) is 12.2 Å². The van der Waals surface area contributed by atoms with Crippen molar-refractivity contribution in [2.45, 2.75) is 13.3 Å². The maximum absolute atomic E-state index is 10.6. The lowest BCUT2D eigenvalue weighted by atomic mass is 10.0. The fourth-order valence-electron chi connectivity index (χ4n) is 2.74. The number of aliphatic carboxylic acids is 1. The van der Waals surface area contributed by atoms with E-state index in [0.29, 0.717) is 0 Å². The predicted molar refractivity (Wildman–Crippen MR) is 85.1 cm³/mol. The molecule has 104 valence electrons. The number of carboxylic acids is 1. The molecule has 0 spiro atoms. The Balaban J connectivity index is 1.88. The minimum Gasteiger partial charge on any atom is -0.478 e. The molecule has 0 saturated heterocycles. The second kappa shape index (κ2) is 5.41. The summed E-state index contributed by atoms with van der Waals surface area (Å²) in [4.78, 5) is 10.6. The normalized spacial score (nSPS) is 13.3. The van der Waals surface area contributed by atoms with Crippen LogP contribution in [-0.2, 0) is 11.2 Å². The molecule has 1 aliphatic carbocycles. The zero-order valence-electron chi connectivity index (χ0n) is 11.8. The van der Waals surface area contributed by atoms with Crippen LogP contribution in [0.2, 0.25) is 0 Å². The van der Waals surface area contributed by atoms with Crippen molar-refractivity contribution in [2.24, 2.45) is 0 Å². The first kappa shape index (κ1) is 13.4. The molecule has 2 aromatic carbocycles. The van der Waals surface area contributed by atoms with E-state index in [2.05, 4.69) is 42.5 Å². The molecule has 3 rings (SSSR count). The van der Waals surface area contributed by atoms with Crippen LogP contribution in [0, 0.1) is 0 Å². The second-order valence-electron chi connectivity index (χ2n) is 5.31. The van der Waals surface area contributed by atoms with Gasteiger partial charge >= 0.3 is 5.97 Å². The Kier molecular flexibility index (Phi) is 3.44. The van der Waals surface area contributed by atoms with Crippen LogP contribution in [0.3, 0.4) is 0 Å². The molecule has 2 aromatic rings. The molecule has 0 atom stereocenters. The van der Waals surface area contributed by atoms with Gasteiger partial charge in [0.05, 0.1) is 0 Å². The molecule has 0 saturated carbocycles. The van der Waals surface area contributed by atoms with Crippen molar-refractivity contribution in [2.75, 3.05) is 0 Å². The molecule has 2 nitrogen and oxygen atoms in total. The molecule has 21 heavy (non-hydrogen) atoms. The van der Waals surface area contributed by atoms with Crippen LogP contribution in [0.4, 0.5) is 0 Å². The highest BCUT2D eigenvalue weighted by Crippen LogP contribution is 2.36. The molecule has 0 fully saturated rings. The SMILES string of the molecule is CC(/C=C/c1ccc2c(c1)Cc1ccccc1-2)=C\C(=O)O. The third-order valence-electron chi connectivity index (χ3n) is 3.71. The Morgan fingerprint density at radius 2 is 1.86 bits per heavy atom. The highest BCUT2D eigenvalue weighted by Gasteiger charge is 2.17. The molecular formula is C19H16O2. The van der Waals surface area contributed by atoms with Crippen LogP contribution in [0.25, 0.3) is 17.2 Å². The van der Waals surface area contributed by atoms with Gasteiger partial charge in [0, 0.05) is 6.08 Å². The van der Waals surface area contributed by atoms with Gasteiger partial charge in [-0.25, -0.2) is 4.79 Å². The molecule has 2 heteroatoms. The van der Waals surface area contributed by atoms with Gasteiger partial charge in [0.25, 0.3) is 0 Å². The summed E-state index contributed by atoms with van der Waals surface area (Å²) in [5.41, 5.74) is 7.16. The quantitative estimate of drug-likeness (QED) is 0.572. The third kappa shape index (κ3) is 2.79. The monoisotopic (exact) mass is 276 g/mol. The van der Waals surface area contributed by atoms with Crippen molar-refractivity contribution in [3.05, 3.63) is 76.9 Å². The first-order chi connectivity index (χ1) is 10.1. The van der Waals surface area contributed by atoms with Gasteiger partial charge in [-0.3, -0.25) is 0 Å². The highest BCUT2D eigenvalue weighted by atomic mass is 16.4. The highest BCUT2D eigenvalue weighted by molar-refractivity contribution is 5.82. The van der Waals surface area contributed by atoms with Crippen molar-refractivity contribution in [1.29, 1.82) is 0 Å². The molecule has 0 bridgehead atoms. The van der Waals surface area contributed by atoms with E-state index >= 15 is 0 Å². The van der Waals surface area contributed by atoms with E-state index in [4.69, 9.17) is 5.11 Å². The molecule has 1 aliphatic rings. The van der Waals surface area contributed by atoms with Gasteiger partial charge in [0.15, 0.2) is 0 Å². The number of fused-ring (bicyclic) bond motifs is 3. The first-order valence-electron chi connectivity index (χ1n) is 6.94. The van der Waals surface area contributed by atoms with Crippen molar-refractivity contribution in [1.82, 2.24) is 0 Å². The standard InChI is InChI=1S/C19H16O2/c1-13(10-19(20)21)6-7-14-8-9-18-16(11-14)12-15-4-2-3-5-17(15)18/h2-11H,12H2,1H3,(H,20,21)/b7-6+,13-10+.